The molecule has 0 spiro atoms. The highest BCUT2D eigenvalue weighted by Gasteiger charge is 2.31. The summed E-state index contributed by atoms with van der Waals surface area (Å²) in [5.41, 5.74) is -0.262. The van der Waals surface area contributed by atoms with Gasteiger partial charge in [0.15, 0.2) is 5.78 Å². The molecule has 0 radical (unpaired) electrons. The highest BCUT2D eigenvalue weighted by Crippen LogP contribution is 2.15. The molecule has 1 aliphatic rings. The second-order valence-corrected chi connectivity index (χ2v) is 5.85. The molecule has 136 valence electrons. The molecule has 2 atom stereocenters. The van der Waals surface area contributed by atoms with Gasteiger partial charge < -0.3 is 10.1 Å². The highest BCUT2D eigenvalue weighted by atomic mass is 35.5. The summed E-state index contributed by atoms with van der Waals surface area (Å²) in [6.07, 6.45) is 2.84. The summed E-state index contributed by atoms with van der Waals surface area (Å²) in [6, 6.07) is 3.82. The maximum absolute atomic E-state index is 13.9. The maximum Gasteiger partial charge on any atom is 0.264 e. The van der Waals surface area contributed by atoms with Crippen molar-refractivity contribution in [1.29, 1.82) is 0 Å². The van der Waals surface area contributed by atoms with Crippen LogP contribution in [0.5, 0.6) is 0 Å². The lowest BCUT2D eigenvalue weighted by Crippen LogP contribution is -2.52. The van der Waals surface area contributed by atoms with Crippen molar-refractivity contribution in [3.63, 3.8) is 0 Å². The van der Waals surface area contributed by atoms with Gasteiger partial charge in [-0.25, -0.2) is 9.37 Å². The Balaban J connectivity index is 0.00000225. The number of halogens is 2. The summed E-state index contributed by atoms with van der Waals surface area (Å²) in [5, 5.41) is 3.07. The fourth-order valence-corrected chi connectivity index (χ4v) is 3.11. The van der Waals surface area contributed by atoms with Gasteiger partial charge in [-0.2, -0.15) is 0 Å². The number of aromatic nitrogens is 2. The molecule has 2 aromatic rings. The molecule has 1 saturated heterocycles. The average molecular weight is 370 g/mol. The van der Waals surface area contributed by atoms with Gasteiger partial charge in [-0.15, -0.1) is 12.4 Å². The third kappa shape index (κ3) is 4.05. The van der Waals surface area contributed by atoms with Gasteiger partial charge in [0.1, 0.15) is 11.2 Å². The smallest absolute Gasteiger partial charge is 0.264 e. The minimum Gasteiger partial charge on any atom is -0.376 e. The summed E-state index contributed by atoms with van der Waals surface area (Å²) < 4.78 is 20.7. The van der Waals surface area contributed by atoms with Crippen LogP contribution in [0, 0.1) is 5.82 Å². The van der Waals surface area contributed by atoms with E-state index >= 15 is 0 Å². The lowest BCUT2D eigenvalue weighted by atomic mass is 9.97. The second-order valence-electron chi connectivity index (χ2n) is 5.85. The van der Waals surface area contributed by atoms with Crippen LogP contribution in [-0.2, 0) is 16.1 Å². The zero-order valence-electron chi connectivity index (χ0n) is 13.9. The second kappa shape index (κ2) is 8.51. The van der Waals surface area contributed by atoms with E-state index in [-0.39, 0.29) is 41.7 Å². The van der Waals surface area contributed by atoms with Crippen molar-refractivity contribution in [3.8, 4) is 0 Å². The third-order valence-corrected chi connectivity index (χ3v) is 4.26. The molecule has 25 heavy (non-hydrogen) atoms. The molecule has 1 N–H and O–H groups in total. The van der Waals surface area contributed by atoms with E-state index in [2.05, 4.69) is 10.3 Å². The summed E-state index contributed by atoms with van der Waals surface area (Å²) in [7, 11) is 0. The van der Waals surface area contributed by atoms with Gasteiger partial charge in [0, 0.05) is 6.61 Å². The van der Waals surface area contributed by atoms with E-state index in [0.29, 0.717) is 6.61 Å². The van der Waals surface area contributed by atoms with Crippen LogP contribution in [0.2, 0.25) is 0 Å². The predicted molar refractivity (Wildman–Crippen MR) is 94.7 cm³/mol. The van der Waals surface area contributed by atoms with Crippen LogP contribution in [0.15, 0.2) is 29.3 Å². The molecule has 8 heteroatoms. The van der Waals surface area contributed by atoms with Crippen molar-refractivity contribution in [2.75, 3.05) is 13.2 Å². The summed E-state index contributed by atoms with van der Waals surface area (Å²) in [5.74, 6) is -0.789. The van der Waals surface area contributed by atoms with Gasteiger partial charge >= 0.3 is 0 Å². The van der Waals surface area contributed by atoms with E-state index in [1.807, 2.05) is 6.92 Å². The highest BCUT2D eigenvalue weighted by molar-refractivity contribution is 5.85. The van der Waals surface area contributed by atoms with Crippen LogP contribution in [0.4, 0.5) is 4.39 Å². The first-order valence-electron chi connectivity index (χ1n) is 8.13. The molecule has 2 heterocycles. The lowest BCUT2D eigenvalue weighted by molar-refractivity contribution is -0.126. The van der Waals surface area contributed by atoms with Gasteiger partial charge in [0.25, 0.3) is 5.56 Å². The number of fused-ring (bicyclic) bond motifs is 1. The topological polar surface area (TPSA) is 73.2 Å². The molecular weight excluding hydrogens is 349 g/mol. The number of ketones is 1. The number of carbonyl (C=O) groups is 1. The predicted octanol–water partition coefficient (Wildman–Crippen LogP) is 1.68. The molecule has 1 fully saturated rings. The number of hydrogen-bond donors (Lipinski definition) is 1. The number of rotatable bonds is 5. The van der Waals surface area contributed by atoms with Crippen molar-refractivity contribution < 1.29 is 13.9 Å². The molecule has 0 bridgehead atoms. The van der Waals surface area contributed by atoms with Gasteiger partial charge in [0.05, 0.1) is 30.5 Å². The van der Waals surface area contributed by atoms with Crippen molar-refractivity contribution in [2.24, 2.45) is 0 Å². The molecule has 1 aromatic heterocycles. The summed E-state index contributed by atoms with van der Waals surface area (Å²) in [4.78, 5) is 29.1. The van der Waals surface area contributed by atoms with Crippen LogP contribution in [-0.4, -0.2) is 40.6 Å². The first-order valence-corrected chi connectivity index (χ1v) is 8.13. The Morgan fingerprint density at radius 1 is 1.48 bits per heavy atom. The Labute approximate surface area is 150 Å². The zero-order valence-corrected chi connectivity index (χ0v) is 14.7. The van der Waals surface area contributed by atoms with Crippen LogP contribution in [0.3, 0.4) is 0 Å². The first-order chi connectivity index (χ1) is 11.6. The van der Waals surface area contributed by atoms with Gasteiger partial charge in [0.2, 0.25) is 0 Å². The SMILES string of the molecule is CCO[C@H]1CCCN[C@@H]1C(=O)Cn1cnc2cccc(F)c2c1=O.Cl. The van der Waals surface area contributed by atoms with Crippen molar-refractivity contribution in [1.82, 2.24) is 14.9 Å². The molecule has 1 aliphatic heterocycles. The van der Waals surface area contributed by atoms with E-state index in [1.165, 1.54) is 18.5 Å². The molecule has 6 nitrogen and oxygen atoms in total. The Bertz CT molecular complexity index is 809. The van der Waals surface area contributed by atoms with E-state index in [1.54, 1.807) is 6.07 Å². The summed E-state index contributed by atoms with van der Waals surface area (Å²) >= 11 is 0. The quantitative estimate of drug-likeness (QED) is 0.868. The molecule has 1 aromatic carbocycles. The normalized spacial score (nSPS) is 20.2. The van der Waals surface area contributed by atoms with Crippen molar-refractivity contribution in [2.45, 2.75) is 38.5 Å². The average Bonchev–Trinajstić information content (AvgIpc) is 2.58. The molecule has 3 rings (SSSR count). The molecule has 0 amide bonds. The standard InChI is InChI=1S/C17H20FN3O3.ClH/c1-2-24-14-7-4-8-19-16(14)13(22)9-21-10-20-12-6-3-5-11(18)15(12)17(21)23;/h3,5-6,10,14,16,19H,2,4,7-9H2,1H3;1H/t14-,16+;/m0./s1. The number of piperidine rings is 1. The summed E-state index contributed by atoms with van der Waals surface area (Å²) in [6.45, 7) is 2.99. The van der Waals surface area contributed by atoms with Crippen LogP contribution < -0.4 is 10.9 Å². The number of carbonyl (C=O) groups excluding carboxylic acids is 1. The van der Waals surface area contributed by atoms with Crippen LogP contribution in [0.1, 0.15) is 19.8 Å². The zero-order chi connectivity index (χ0) is 17.1. The fraction of sp³-hybridized carbons (Fsp3) is 0.471. The lowest BCUT2D eigenvalue weighted by Gasteiger charge is -2.31. The van der Waals surface area contributed by atoms with Gasteiger partial charge in [-0.3, -0.25) is 14.2 Å². The fourth-order valence-electron chi connectivity index (χ4n) is 3.11. The van der Waals surface area contributed by atoms with E-state index in [9.17, 15) is 14.0 Å². The first kappa shape index (κ1) is 19.5. The Hall–Kier alpha value is -1.83. The maximum atomic E-state index is 13.9. The Morgan fingerprint density at radius 2 is 2.28 bits per heavy atom. The number of ether oxygens (including phenoxy) is 1. The molecule has 0 aliphatic carbocycles. The van der Waals surface area contributed by atoms with E-state index in [0.717, 1.165) is 24.0 Å². The largest absolute Gasteiger partial charge is 0.376 e. The number of benzene rings is 1. The Kier molecular flexibility index (Phi) is 6.64. The van der Waals surface area contributed by atoms with Crippen LogP contribution in [0.25, 0.3) is 10.9 Å². The Morgan fingerprint density at radius 3 is 3.04 bits per heavy atom. The van der Waals surface area contributed by atoms with Gasteiger partial charge in [-0.1, -0.05) is 6.07 Å². The molecular formula is C17H21ClFN3O3. The molecule has 0 saturated carbocycles. The number of nitrogens with zero attached hydrogens (tertiary/aromatic N) is 2. The number of Topliss-reactive ketones (excluding diaryl/α,β-unsaturated/α-hetero) is 1. The number of hydrogen-bond acceptors (Lipinski definition) is 5. The molecule has 0 unspecified atom stereocenters. The monoisotopic (exact) mass is 369 g/mol. The van der Waals surface area contributed by atoms with Gasteiger partial charge in [-0.05, 0) is 38.4 Å². The van der Waals surface area contributed by atoms with Crippen molar-refractivity contribution in [3.05, 3.63) is 40.7 Å². The van der Waals surface area contributed by atoms with Crippen molar-refractivity contribution >= 4 is 29.1 Å². The van der Waals surface area contributed by atoms with Crippen LogP contribution >= 0.6 is 12.4 Å². The minimum absolute atomic E-state index is 0. The minimum atomic E-state index is -0.630. The van der Waals surface area contributed by atoms with E-state index < -0.39 is 17.4 Å². The number of nitrogens with one attached hydrogen (secondary N) is 1. The van der Waals surface area contributed by atoms with E-state index in [4.69, 9.17) is 4.74 Å². The third-order valence-electron chi connectivity index (χ3n) is 4.26.